The van der Waals surface area contributed by atoms with Crippen LogP contribution in [-0.2, 0) is 4.79 Å². The number of hydrogen-bond donors (Lipinski definition) is 3. The van der Waals surface area contributed by atoms with Gasteiger partial charge in [0, 0.05) is 27.9 Å². The van der Waals surface area contributed by atoms with Crippen molar-refractivity contribution in [1.29, 1.82) is 0 Å². The Labute approximate surface area is 276 Å². The number of amides is 2. The molecule has 46 heavy (non-hydrogen) atoms. The van der Waals surface area contributed by atoms with E-state index in [2.05, 4.69) is 26.1 Å². The van der Waals surface area contributed by atoms with Gasteiger partial charge in [0.1, 0.15) is 0 Å². The lowest BCUT2D eigenvalue weighted by Gasteiger charge is -2.14. The van der Waals surface area contributed by atoms with Gasteiger partial charge in [-0.2, -0.15) is 5.10 Å². The highest BCUT2D eigenvalue weighted by Gasteiger charge is 2.15. The van der Waals surface area contributed by atoms with E-state index in [1.54, 1.807) is 24.3 Å². The summed E-state index contributed by atoms with van der Waals surface area (Å²) in [6.45, 7) is 5.90. The van der Waals surface area contributed by atoms with Crippen molar-refractivity contribution in [3.05, 3.63) is 118 Å². The van der Waals surface area contributed by atoms with Crippen molar-refractivity contribution >= 4 is 57.5 Å². The number of para-hydroxylation sites is 1. The maximum Gasteiger partial charge on any atom is 0.271 e. The number of hydrogen-bond acceptors (Lipinski definition) is 8. The highest BCUT2D eigenvalue weighted by Crippen LogP contribution is 2.36. The molecule has 0 spiro atoms. The third-order valence-electron chi connectivity index (χ3n) is 6.82. The predicted molar refractivity (Wildman–Crippen MR) is 185 cm³/mol. The summed E-state index contributed by atoms with van der Waals surface area (Å²) in [7, 11) is 0. The molecule has 0 unspecified atom stereocenters. The SMILES string of the molecule is CCOc1cc(/C=N/NC(=O)c2ccc(-c3csc(Nc4ccccc4)n3)cc2)cc(Cl)c1OCC(=O)Nc1ccc(C)c(C)c1. The Morgan fingerprint density at radius 3 is 2.46 bits per heavy atom. The van der Waals surface area contributed by atoms with E-state index in [1.165, 1.54) is 17.6 Å². The van der Waals surface area contributed by atoms with Gasteiger partial charge in [0.15, 0.2) is 23.2 Å². The van der Waals surface area contributed by atoms with E-state index < -0.39 is 0 Å². The van der Waals surface area contributed by atoms with E-state index in [0.717, 1.165) is 33.2 Å². The Balaban J connectivity index is 1.17. The molecule has 1 heterocycles. The molecular formula is C35H32ClN5O4S. The molecule has 11 heteroatoms. The van der Waals surface area contributed by atoms with Crippen LogP contribution in [0.4, 0.5) is 16.5 Å². The van der Waals surface area contributed by atoms with Crippen molar-refractivity contribution in [2.24, 2.45) is 5.10 Å². The van der Waals surface area contributed by atoms with E-state index in [9.17, 15) is 9.59 Å². The number of aryl methyl sites for hydroxylation is 2. The molecule has 0 radical (unpaired) electrons. The first kappa shape index (κ1) is 32.2. The van der Waals surface area contributed by atoms with Crippen molar-refractivity contribution in [2.75, 3.05) is 23.8 Å². The number of halogens is 1. The molecule has 0 saturated carbocycles. The number of nitrogens with one attached hydrogen (secondary N) is 3. The summed E-state index contributed by atoms with van der Waals surface area (Å²) in [5.41, 5.74) is 9.10. The van der Waals surface area contributed by atoms with E-state index >= 15 is 0 Å². The molecule has 0 saturated heterocycles. The minimum atomic E-state index is -0.377. The number of nitrogens with zero attached hydrogens (tertiary/aromatic N) is 2. The normalized spacial score (nSPS) is 10.9. The lowest BCUT2D eigenvalue weighted by Crippen LogP contribution is -2.20. The first-order valence-electron chi connectivity index (χ1n) is 14.5. The standard InChI is InChI=1S/C35H32ClN5O4S/c1-4-44-31-18-24(17-29(36)33(31)45-20-32(42)38-28-15-10-22(2)23(3)16-28)19-37-41-34(43)26-13-11-25(12-14-26)30-21-46-35(40-30)39-27-8-6-5-7-9-27/h5-19,21H,4,20H2,1-3H3,(H,38,42)(H,39,40)(H,41,43)/b37-19+. The van der Waals surface area contributed by atoms with Crippen LogP contribution in [0.3, 0.4) is 0 Å². The highest BCUT2D eigenvalue weighted by molar-refractivity contribution is 7.14. The fourth-order valence-corrected chi connectivity index (χ4v) is 5.36. The van der Waals surface area contributed by atoms with Crippen LogP contribution in [0.15, 0.2) is 95.4 Å². The van der Waals surface area contributed by atoms with Gasteiger partial charge in [0.05, 0.1) is 23.5 Å². The molecule has 0 bridgehead atoms. The zero-order chi connectivity index (χ0) is 32.5. The Bertz CT molecular complexity index is 1860. The van der Waals surface area contributed by atoms with Gasteiger partial charge >= 0.3 is 0 Å². The first-order valence-corrected chi connectivity index (χ1v) is 15.7. The molecule has 5 rings (SSSR count). The summed E-state index contributed by atoms with van der Waals surface area (Å²) in [6, 6.07) is 25.9. The molecule has 0 atom stereocenters. The summed E-state index contributed by atoms with van der Waals surface area (Å²) in [5.74, 6) is -0.123. The largest absolute Gasteiger partial charge is 0.490 e. The predicted octanol–water partition coefficient (Wildman–Crippen LogP) is 8.00. The van der Waals surface area contributed by atoms with Crippen molar-refractivity contribution in [1.82, 2.24) is 10.4 Å². The van der Waals surface area contributed by atoms with Gasteiger partial charge in [-0.1, -0.05) is 48.0 Å². The summed E-state index contributed by atoms with van der Waals surface area (Å²) >= 11 is 8.01. The number of aromatic nitrogens is 1. The Kier molecular flexibility index (Phi) is 10.6. The van der Waals surface area contributed by atoms with Crippen molar-refractivity contribution < 1.29 is 19.1 Å². The minimum absolute atomic E-state index is 0.234. The zero-order valence-corrected chi connectivity index (χ0v) is 27.0. The third-order valence-corrected chi connectivity index (χ3v) is 7.86. The van der Waals surface area contributed by atoms with Gasteiger partial charge in [-0.05, 0) is 86.0 Å². The molecule has 2 amide bonds. The molecule has 4 aromatic carbocycles. The molecular weight excluding hydrogens is 622 g/mol. The molecule has 1 aromatic heterocycles. The lowest BCUT2D eigenvalue weighted by molar-refractivity contribution is -0.118. The molecule has 3 N–H and O–H groups in total. The highest BCUT2D eigenvalue weighted by atomic mass is 35.5. The Morgan fingerprint density at radius 1 is 0.935 bits per heavy atom. The average molecular weight is 654 g/mol. The summed E-state index contributed by atoms with van der Waals surface area (Å²) in [5, 5.41) is 13.2. The first-order chi connectivity index (χ1) is 22.3. The van der Waals surface area contributed by atoms with E-state index in [0.29, 0.717) is 29.2 Å². The zero-order valence-electron chi connectivity index (χ0n) is 25.5. The number of anilines is 3. The van der Waals surface area contributed by atoms with Crippen LogP contribution in [0.25, 0.3) is 11.3 Å². The number of thiazole rings is 1. The number of hydrazone groups is 1. The van der Waals surface area contributed by atoms with Crippen molar-refractivity contribution in [3.63, 3.8) is 0 Å². The summed E-state index contributed by atoms with van der Waals surface area (Å²) in [6.07, 6.45) is 1.45. The van der Waals surface area contributed by atoms with Crippen LogP contribution in [0.1, 0.15) is 34.0 Å². The number of ether oxygens (including phenoxy) is 2. The van der Waals surface area contributed by atoms with Gasteiger partial charge in [0.25, 0.3) is 11.8 Å². The second-order valence-electron chi connectivity index (χ2n) is 10.2. The van der Waals surface area contributed by atoms with Crippen molar-refractivity contribution in [3.8, 4) is 22.8 Å². The number of benzene rings is 4. The number of carbonyl (C=O) groups excluding carboxylic acids is 2. The van der Waals surface area contributed by atoms with Gasteiger partial charge in [-0.3, -0.25) is 9.59 Å². The van der Waals surface area contributed by atoms with E-state index in [1.807, 2.05) is 86.8 Å². The molecule has 0 aliphatic carbocycles. The maximum atomic E-state index is 12.7. The minimum Gasteiger partial charge on any atom is -0.490 e. The van der Waals surface area contributed by atoms with E-state index in [4.69, 9.17) is 21.1 Å². The monoisotopic (exact) mass is 653 g/mol. The molecule has 9 nitrogen and oxygen atoms in total. The maximum absolute atomic E-state index is 12.7. The molecule has 234 valence electrons. The second kappa shape index (κ2) is 15.2. The molecule has 0 aliphatic heterocycles. The fourth-order valence-electron chi connectivity index (χ4n) is 4.35. The van der Waals surface area contributed by atoms with Gasteiger partial charge in [0.2, 0.25) is 0 Å². The lowest BCUT2D eigenvalue weighted by atomic mass is 10.1. The third kappa shape index (κ3) is 8.50. The van der Waals surface area contributed by atoms with Crippen LogP contribution < -0.4 is 25.5 Å². The summed E-state index contributed by atoms with van der Waals surface area (Å²) < 4.78 is 11.5. The number of rotatable bonds is 12. The van der Waals surface area contributed by atoms with Gasteiger partial charge in [-0.15, -0.1) is 11.3 Å². The van der Waals surface area contributed by atoms with Gasteiger partial charge < -0.3 is 20.1 Å². The van der Waals surface area contributed by atoms with Crippen LogP contribution in [0.5, 0.6) is 11.5 Å². The van der Waals surface area contributed by atoms with Crippen LogP contribution in [0.2, 0.25) is 5.02 Å². The van der Waals surface area contributed by atoms with Crippen LogP contribution in [-0.4, -0.2) is 36.2 Å². The Hall–Kier alpha value is -5.19. The van der Waals surface area contributed by atoms with Crippen LogP contribution >= 0.6 is 22.9 Å². The molecule has 5 aromatic rings. The second-order valence-corrected chi connectivity index (χ2v) is 11.5. The van der Waals surface area contributed by atoms with E-state index in [-0.39, 0.29) is 29.2 Å². The Morgan fingerprint density at radius 2 is 1.72 bits per heavy atom. The van der Waals surface area contributed by atoms with Gasteiger partial charge in [-0.25, -0.2) is 10.4 Å². The quantitative estimate of drug-likeness (QED) is 0.0929. The number of carbonyl (C=O) groups is 2. The topological polar surface area (TPSA) is 114 Å². The summed E-state index contributed by atoms with van der Waals surface area (Å²) in [4.78, 5) is 29.9. The molecule has 0 aliphatic rings. The van der Waals surface area contributed by atoms with Crippen molar-refractivity contribution in [2.45, 2.75) is 20.8 Å². The molecule has 0 fully saturated rings. The fraction of sp³-hybridized carbons (Fsp3) is 0.143. The smallest absolute Gasteiger partial charge is 0.271 e. The average Bonchev–Trinajstić information content (AvgIpc) is 3.51. The van der Waals surface area contributed by atoms with Crippen LogP contribution in [0, 0.1) is 13.8 Å².